The first kappa shape index (κ1) is 16.4. The predicted molar refractivity (Wildman–Crippen MR) is 78.2 cm³/mol. The molecule has 2 aliphatic carbocycles. The summed E-state index contributed by atoms with van der Waals surface area (Å²) in [5, 5.41) is 11.7. The van der Waals surface area contributed by atoms with E-state index in [0.29, 0.717) is 0 Å². The van der Waals surface area contributed by atoms with Crippen molar-refractivity contribution in [3.63, 3.8) is 0 Å². The van der Waals surface area contributed by atoms with Crippen LogP contribution in [0.4, 0.5) is 0 Å². The zero-order valence-electron chi connectivity index (χ0n) is 12.2. The highest BCUT2D eigenvalue weighted by atomic mass is 16.4. The molecule has 112 valence electrons. The van der Waals surface area contributed by atoms with Gasteiger partial charge in [-0.15, -0.1) is 0 Å². The van der Waals surface area contributed by atoms with Crippen molar-refractivity contribution >= 4 is 5.97 Å². The summed E-state index contributed by atoms with van der Waals surface area (Å²) in [7, 11) is 0. The molecule has 0 aromatic carbocycles. The van der Waals surface area contributed by atoms with Crippen LogP contribution in [0.15, 0.2) is 0 Å². The van der Waals surface area contributed by atoms with E-state index in [0.717, 1.165) is 12.1 Å². The largest absolute Gasteiger partial charge is 0.480 e. The Labute approximate surface area is 117 Å². The minimum atomic E-state index is -0.963. The van der Waals surface area contributed by atoms with Gasteiger partial charge in [-0.25, -0.2) is 0 Å². The van der Waals surface area contributed by atoms with Crippen LogP contribution in [0.5, 0.6) is 0 Å². The smallest absolute Gasteiger partial charge is 0.320 e. The normalized spacial score (nSPS) is 23.3. The third-order valence-electron chi connectivity index (χ3n) is 4.07. The molecular weight excluding hydrogens is 240 g/mol. The van der Waals surface area contributed by atoms with Gasteiger partial charge in [0.2, 0.25) is 0 Å². The Hall–Kier alpha value is -0.610. The van der Waals surface area contributed by atoms with E-state index < -0.39 is 12.0 Å². The van der Waals surface area contributed by atoms with E-state index in [2.05, 4.69) is 5.32 Å². The maximum absolute atomic E-state index is 9.57. The molecule has 0 saturated heterocycles. The molecule has 0 spiro atoms. The number of hydrogen-bond donors (Lipinski definition) is 3. The van der Waals surface area contributed by atoms with E-state index >= 15 is 0 Å². The van der Waals surface area contributed by atoms with Gasteiger partial charge in [0.15, 0.2) is 0 Å². The Morgan fingerprint density at radius 2 is 1.32 bits per heavy atom. The van der Waals surface area contributed by atoms with Crippen LogP contribution in [0.25, 0.3) is 0 Å². The van der Waals surface area contributed by atoms with E-state index in [1.54, 1.807) is 0 Å². The maximum Gasteiger partial charge on any atom is 0.320 e. The molecule has 1 atom stereocenters. The summed E-state index contributed by atoms with van der Waals surface area (Å²) in [6.07, 6.45) is 14.6. The summed E-state index contributed by atoms with van der Waals surface area (Å²) in [6.45, 7) is 1.42. The Bertz CT molecular complexity index is 229. The lowest BCUT2D eigenvalue weighted by molar-refractivity contribution is -0.138. The van der Waals surface area contributed by atoms with Gasteiger partial charge in [0, 0.05) is 12.1 Å². The van der Waals surface area contributed by atoms with Crippen molar-refractivity contribution in [1.29, 1.82) is 0 Å². The molecule has 0 bridgehead atoms. The highest BCUT2D eigenvalue weighted by Crippen LogP contribution is 2.22. The monoisotopic (exact) mass is 270 g/mol. The highest BCUT2D eigenvalue weighted by molar-refractivity contribution is 5.72. The summed E-state index contributed by atoms with van der Waals surface area (Å²) in [5.41, 5.74) is 4.84. The molecular formula is C15H30N2O2. The van der Waals surface area contributed by atoms with Crippen molar-refractivity contribution in [3.8, 4) is 0 Å². The Morgan fingerprint density at radius 3 is 1.58 bits per heavy atom. The number of aliphatic carboxylic acids is 1. The molecule has 0 aromatic heterocycles. The van der Waals surface area contributed by atoms with Gasteiger partial charge < -0.3 is 16.2 Å². The number of carbonyl (C=O) groups is 1. The van der Waals surface area contributed by atoms with Crippen LogP contribution in [0.1, 0.15) is 71.1 Å². The third kappa shape index (κ3) is 7.53. The molecule has 4 heteroatoms. The number of carboxylic acids is 1. The highest BCUT2D eigenvalue weighted by Gasteiger charge is 2.19. The third-order valence-corrected chi connectivity index (χ3v) is 4.07. The Morgan fingerprint density at radius 1 is 1.00 bits per heavy atom. The summed E-state index contributed by atoms with van der Waals surface area (Å²) in [4.78, 5) is 9.57. The van der Waals surface area contributed by atoms with Gasteiger partial charge in [-0.05, 0) is 32.6 Å². The fourth-order valence-electron chi connectivity index (χ4n) is 2.87. The van der Waals surface area contributed by atoms with Crippen molar-refractivity contribution in [2.75, 3.05) is 0 Å². The zero-order valence-corrected chi connectivity index (χ0v) is 12.2. The molecule has 0 heterocycles. The van der Waals surface area contributed by atoms with E-state index in [-0.39, 0.29) is 0 Å². The van der Waals surface area contributed by atoms with Crippen LogP contribution < -0.4 is 11.1 Å². The molecule has 0 aliphatic heterocycles. The van der Waals surface area contributed by atoms with E-state index in [1.807, 2.05) is 0 Å². The first-order chi connectivity index (χ1) is 9.09. The molecule has 2 aliphatic rings. The molecule has 1 unspecified atom stereocenters. The number of hydrogen-bond acceptors (Lipinski definition) is 3. The average molecular weight is 270 g/mol. The summed E-state index contributed by atoms with van der Waals surface area (Å²) < 4.78 is 0. The van der Waals surface area contributed by atoms with Crippen LogP contribution in [-0.4, -0.2) is 29.2 Å². The van der Waals surface area contributed by atoms with E-state index in [1.165, 1.54) is 71.1 Å². The van der Waals surface area contributed by atoms with Crippen molar-refractivity contribution in [3.05, 3.63) is 0 Å². The van der Waals surface area contributed by atoms with Crippen LogP contribution in [0.2, 0.25) is 0 Å². The second kappa shape index (κ2) is 9.32. The molecule has 2 saturated carbocycles. The van der Waals surface area contributed by atoms with Gasteiger partial charge in [0.1, 0.15) is 6.04 Å². The molecule has 4 nitrogen and oxygen atoms in total. The molecule has 0 radical (unpaired) electrons. The molecule has 0 aromatic rings. The first-order valence-corrected chi connectivity index (χ1v) is 7.84. The van der Waals surface area contributed by atoms with Gasteiger partial charge in [-0.2, -0.15) is 0 Å². The lowest BCUT2D eigenvalue weighted by Gasteiger charge is -2.30. The second-order valence-corrected chi connectivity index (χ2v) is 5.96. The molecule has 0 amide bonds. The number of rotatable bonds is 3. The number of carboxylic acid groups (broad SMARTS) is 1. The van der Waals surface area contributed by atoms with Gasteiger partial charge in [0.05, 0.1) is 0 Å². The molecule has 19 heavy (non-hydrogen) atoms. The van der Waals surface area contributed by atoms with Crippen molar-refractivity contribution in [1.82, 2.24) is 5.32 Å². The van der Waals surface area contributed by atoms with E-state index in [4.69, 9.17) is 10.8 Å². The predicted octanol–water partition coefficient (Wildman–Crippen LogP) is 2.66. The zero-order chi connectivity index (χ0) is 14.1. The summed E-state index contributed by atoms with van der Waals surface area (Å²) in [5.74, 6) is -0.963. The lowest BCUT2D eigenvalue weighted by atomic mass is 9.91. The minimum absolute atomic E-state index is 0.731. The minimum Gasteiger partial charge on any atom is -0.480 e. The topological polar surface area (TPSA) is 75.3 Å². The van der Waals surface area contributed by atoms with Gasteiger partial charge in [-0.1, -0.05) is 38.5 Å². The maximum atomic E-state index is 9.57. The Balaban J connectivity index is 0.000000258. The quantitative estimate of drug-likeness (QED) is 0.737. The Kier molecular flexibility index (Phi) is 8.07. The SMILES string of the molecule is C1CCC(NC2CCCCC2)CC1.CC(N)C(=O)O. The molecule has 2 rings (SSSR count). The molecule has 4 N–H and O–H groups in total. The fraction of sp³-hybridized carbons (Fsp3) is 0.933. The number of nitrogens with two attached hydrogens (primary N) is 1. The van der Waals surface area contributed by atoms with Crippen molar-refractivity contribution in [2.45, 2.75) is 89.3 Å². The fourth-order valence-corrected chi connectivity index (χ4v) is 2.87. The summed E-state index contributed by atoms with van der Waals surface area (Å²) in [6, 6.07) is 1.01. The van der Waals surface area contributed by atoms with Gasteiger partial charge in [-0.3, -0.25) is 4.79 Å². The van der Waals surface area contributed by atoms with Crippen LogP contribution >= 0.6 is 0 Å². The van der Waals surface area contributed by atoms with Crippen LogP contribution in [0, 0.1) is 0 Å². The van der Waals surface area contributed by atoms with Crippen molar-refractivity contribution < 1.29 is 9.90 Å². The van der Waals surface area contributed by atoms with Crippen LogP contribution in [-0.2, 0) is 4.79 Å². The van der Waals surface area contributed by atoms with Crippen LogP contribution in [0.3, 0.4) is 0 Å². The molecule has 2 fully saturated rings. The standard InChI is InChI=1S/C12H23N.C3H7NO2/c1-3-7-11(8-4-1)13-12-9-5-2-6-10-12;1-2(4)3(5)6/h11-13H,1-10H2;2H,4H2,1H3,(H,5,6). The van der Waals surface area contributed by atoms with Crippen molar-refractivity contribution in [2.24, 2.45) is 5.73 Å². The first-order valence-electron chi connectivity index (χ1n) is 7.84. The summed E-state index contributed by atoms with van der Waals surface area (Å²) >= 11 is 0. The van der Waals surface area contributed by atoms with Gasteiger partial charge >= 0.3 is 5.97 Å². The second-order valence-electron chi connectivity index (χ2n) is 5.96. The number of nitrogens with one attached hydrogen (secondary N) is 1. The van der Waals surface area contributed by atoms with Gasteiger partial charge in [0.25, 0.3) is 0 Å². The van der Waals surface area contributed by atoms with E-state index in [9.17, 15) is 4.79 Å². The lowest BCUT2D eigenvalue weighted by Crippen LogP contribution is -2.40. The average Bonchev–Trinajstić information content (AvgIpc) is 2.41.